The number of benzene rings is 2. The molecular formula is C20H21N2O6-. The number of aryl methyl sites for hydroxylation is 1. The van der Waals surface area contributed by atoms with Crippen molar-refractivity contribution in [3.8, 4) is 5.75 Å². The van der Waals surface area contributed by atoms with E-state index in [4.69, 9.17) is 4.74 Å². The number of carbonyl (C=O) groups is 2. The van der Waals surface area contributed by atoms with Crippen LogP contribution < -0.4 is 15.2 Å². The zero-order valence-corrected chi connectivity index (χ0v) is 15.6. The maximum absolute atomic E-state index is 12.5. The number of nitrogens with zero attached hydrogens (tertiary/aromatic N) is 1. The van der Waals surface area contributed by atoms with E-state index < -0.39 is 29.3 Å². The van der Waals surface area contributed by atoms with E-state index in [1.54, 1.807) is 31.2 Å². The molecule has 0 radical (unpaired) electrons. The van der Waals surface area contributed by atoms with Crippen LogP contribution in [0.1, 0.15) is 47.3 Å². The van der Waals surface area contributed by atoms with Crippen molar-refractivity contribution in [1.82, 2.24) is 5.32 Å². The Hall–Kier alpha value is -3.42. The SMILES string of the molecule is CCCOc1ccc([C@H](CC(=O)[O-])NC(=O)c2ccc(C)c([N+](=O)[O-])c2)cc1. The molecule has 148 valence electrons. The minimum Gasteiger partial charge on any atom is -0.550 e. The first-order valence-electron chi connectivity index (χ1n) is 8.80. The van der Waals surface area contributed by atoms with Crippen molar-refractivity contribution in [2.24, 2.45) is 0 Å². The molecule has 0 aromatic heterocycles. The minimum atomic E-state index is -1.33. The highest BCUT2D eigenvalue weighted by atomic mass is 16.6. The molecule has 1 N–H and O–H groups in total. The molecule has 0 saturated heterocycles. The van der Waals surface area contributed by atoms with Crippen LogP contribution in [0.4, 0.5) is 5.69 Å². The van der Waals surface area contributed by atoms with Gasteiger partial charge in [0, 0.05) is 29.6 Å². The maximum Gasteiger partial charge on any atom is 0.273 e. The molecular weight excluding hydrogens is 364 g/mol. The van der Waals surface area contributed by atoms with Gasteiger partial charge in [-0.1, -0.05) is 25.1 Å². The number of amides is 1. The van der Waals surface area contributed by atoms with Gasteiger partial charge < -0.3 is 20.0 Å². The van der Waals surface area contributed by atoms with E-state index in [1.807, 2.05) is 6.92 Å². The lowest BCUT2D eigenvalue weighted by atomic mass is 10.0. The smallest absolute Gasteiger partial charge is 0.273 e. The van der Waals surface area contributed by atoms with Crippen LogP contribution in [0.25, 0.3) is 0 Å². The monoisotopic (exact) mass is 385 g/mol. The van der Waals surface area contributed by atoms with E-state index in [0.29, 0.717) is 23.5 Å². The van der Waals surface area contributed by atoms with Gasteiger partial charge in [0.1, 0.15) is 5.75 Å². The predicted octanol–water partition coefficient (Wildman–Crippen LogP) is 2.30. The zero-order chi connectivity index (χ0) is 20.7. The van der Waals surface area contributed by atoms with Crippen LogP contribution >= 0.6 is 0 Å². The molecule has 2 rings (SSSR count). The number of hydrogen-bond acceptors (Lipinski definition) is 6. The summed E-state index contributed by atoms with van der Waals surface area (Å²) in [5.41, 5.74) is 0.878. The summed E-state index contributed by atoms with van der Waals surface area (Å²) in [4.78, 5) is 34.2. The highest BCUT2D eigenvalue weighted by Gasteiger charge is 2.19. The Bertz CT molecular complexity index is 863. The van der Waals surface area contributed by atoms with E-state index >= 15 is 0 Å². The molecule has 0 heterocycles. The third kappa shape index (κ3) is 5.54. The van der Waals surface area contributed by atoms with Crippen molar-refractivity contribution in [1.29, 1.82) is 0 Å². The van der Waals surface area contributed by atoms with Crippen LogP contribution in [0.3, 0.4) is 0 Å². The number of carboxylic acid groups (broad SMARTS) is 1. The third-order valence-corrected chi connectivity index (χ3v) is 4.10. The van der Waals surface area contributed by atoms with Gasteiger partial charge in [-0.05, 0) is 37.1 Å². The maximum atomic E-state index is 12.5. The molecule has 1 atom stereocenters. The summed E-state index contributed by atoms with van der Waals surface area (Å²) in [7, 11) is 0. The summed E-state index contributed by atoms with van der Waals surface area (Å²) in [5, 5.41) is 24.8. The van der Waals surface area contributed by atoms with Gasteiger partial charge in [0.15, 0.2) is 0 Å². The first kappa shape index (κ1) is 20.9. The van der Waals surface area contributed by atoms with Crippen LogP contribution in [0.5, 0.6) is 5.75 Å². The molecule has 0 aliphatic rings. The lowest BCUT2D eigenvalue weighted by Gasteiger charge is -2.20. The zero-order valence-electron chi connectivity index (χ0n) is 15.6. The van der Waals surface area contributed by atoms with Gasteiger partial charge >= 0.3 is 0 Å². The third-order valence-electron chi connectivity index (χ3n) is 4.10. The molecule has 0 unspecified atom stereocenters. The van der Waals surface area contributed by atoms with Crippen molar-refractivity contribution < 1.29 is 24.4 Å². The van der Waals surface area contributed by atoms with Crippen molar-refractivity contribution in [3.05, 3.63) is 69.3 Å². The second-order valence-corrected chi connectivity index (χ2v) is 6.28. The lowest BCUT2D eigenvalue weighted by Crippen LogP contribution is -2.34. The minimum absolute atomic E-state index is 0.0727. The Labute approximate surface area is 162 Å². The molecule has 0 spiro atoms. The summed E-state index contributed by atoms with van der Waals surface area (Å²) in [6, 6.07) is 9.95. The van der Waals surface area contributed by atoms with Gasteiger partial charge in [-0.3, -0.25) is 14.9 Å². The summed E-state index contributed by atoms with van der Waals surface area (Å²) < 4.78 is 5.49. The van der Waals surface area contributed by atoms with E-state index in [9.17, 15) is 24.8 Å². The van der Waals surface area contributed by atoms with Crippen LogP contribution in [0.15, 0.2) is 42.5 Å². The van der Waals surface area contributed by atoms with E-state index in [1.165, 1.54) is 18.2 Å². The molecule has 2 aromatic carbocycles. The Balaban J connectivity index is 2.22. The molecule has 2 aromatic rings. The standard InChI is InChI=1S/C20H22N2O6/c1-3-10-28-16-8-6-14(7-9-16)17(12-19(23)24)21-20(25)15-5-4-13(2)18(11-15)22(26)27/h4-9,11,17H,3,10,12H2,1-2H3,(H,21,25)(H,23,24)/p-1/t17-/m0/s1. The van der Waals surface area contributed by atoms with Gasteiger partial charge in [0.2, 0.25) is 0 Å². The normalized spacial score (nSPS) is 11.5. The second-order valence-electron chi connectivity index (χ2n) is 6.28. The number of aliphatic carboxylic acids is 1. The predicted molar refractivity (Wildman–Crippen MR) is 99.9 cm³/mol. The fraction of sp³-hybridized carbons (Fsp3) is 0.300. The average Bonchev–Trinajstić information content (AvgIpc) is 2.66. The average molecular weight is 385 g/mol. The van der Waals surface area contributed by atoms with Gasteiger partial charge in [-0.15, -0.1) is 0 Å². The first-order valence-corrected chi connectivity index (χ1v) is 8.80. The van der Waals surface area contributed by atoms with Crippen LogP contribution in [-0.2, 0) is 4.79 Å². The fourth-order valence-electron chi connectivity index (χ4n) is 2.62. The number of carbonyl (C=O) groups excluding carboxylic acids is 2. The number of carboxylic acids is 1. The topological polar surface area (TPSA) is 122 Å². The second kappa shape index (κ2) is 9.50. The van der Waals surface area contributed by atoms with Gasteiger partial charge in [-0.25, -0.2) is 0 Å². The van der Waals surface area contributed by atoms with Crippen molar-refractivity contribution >= 4 is 17.6 Å². The summed E-state index contributed by atoms with van der Waals surface area (Å²) in [6.07, 6.45) is 0.419. The number of rotatable bonds is 9. The van der Waals surface area contributed by atoms with E-state index in [0.717, 1.165) is 6.42 Å². The fourth-order valence-corrected chi connectivity index (χ4v) is 2.62. The van der Waals surface area contributed by atoms with Crippen molar-refractivity contribution in [3.63, 3.8) is 0 Å². The Kier molecular flexibility index (Phi) is 7.08. The van der Waals surface area contributed by atoms with E-state index in [2.05, 4.69) is 5.32 Å². The molecule has 0 fully saturated rings. The van der Waals surface area contributed by atoms with Crippen LogP contribution in [0, 0.1) is 17.0 Å². The number of ether oxygens (including phenoxy) is 1. The van der Waals surface area contributed by atoms with Gasteiger partial charge in [0.25, 0.3) is 11.6 Å². The summed E-state index contributed by atoms with van der Waals surface area (Å²) in [6.45, 7) is 4.11. The van der Waals surface area contributed by atoms with Gasteiger partial charge in [0.05, 0.1) is 17.6 Å². The van der Waals surface area contributed by atoms with Crippen molar-refractivity contribution in [2.45, 2.75) is 32.7 Å². The number of nitrogens with one attached hydrogen (secondary N) is 1. The Morgan fingerprint density at radius 2 is 1.86 bits per heavy atom. The molecule has 0 aliphatic carbocycles. The molecule has 8 nitrogen and oxygen atoms in total. The quantitative estimate of drug-likeness (QED) is 0.522. The lowest BCUT2D eigenvalue weighted by molar-refractivity contribution is -0.385. The Morgan fingerprint density at radius 3 is 2.43 bits per heavy atom. The molecule has 28 heavy (non-hydrogen) atoms. The number of nitro benzene ring substituents is 1. The summed E-state index contributed by atoms with van der Waals surface area (Å²) >= 11 is 0. The molecule has 0 saturated carbocycles. The van der Waals surface area contributed by atoms with Crippen LogP contribution in [0.2, 0.25) is 0 Å². The Morgan fingerprint density at radius 1 is 1.18 bits per heavy atom. The highest BCUT2D eigenvalue weighted by molar-refractivity contribution is 5.95. The van der Waals surface area contributed by atoms with Crippen molar-refractivity contribution in [2.75, 3.05) is 6.61 Å². The largest absolute Gasteiger partial charge is 0.550 e. The summed E-state index contributed by atoms with van der Waals surface area (Å²) in [5.74, 6) is -1.30. The van der Waals surface area contributed by atoms with Gasteiger partial charge in [-0.2, -0.15) is 0 Å². The number of nitro groups is 1. The molecule has 1 amide bonds. The number of hydrogen-bond donors (Lipinski definition) is 1. The molecule has 0 aliphatic heterocycles. The molecule has 0 bridgehead atoms. The van der Waals surface area contributed by atoms with Crippen LogP contribution in [-0.4, -0.2) is 23.4 Å². The highest BCUT2D eigenvalue weighted by Crippen LogP contribution is 2.23. The van der Waals surface area contributed by atoms with E-state index in [-0.39, 0.29) is 11.3 Å². The first-order chi connectivity index (χ1) is 13.3. The molecule has 8 heteroatoms.